The Kier molecular flexibility index (Phi) is 11.1. The number of hydrogen-bond donors (Lipinski definition) is 4. The number of carbonyl (C=O) groups excluding carboxylic acids is 3. The summed E-state index contributed by atoms with van der Waals surface area (Å²) in [5, 5.41) is 15.1. The number of aryl methyl sites for hydroxylation is 1. The number of pyridine rings is 1. The van der Waals surface area contributed by atoms with Crippen LogP contribution in [0.3, 0.4) is 0 Å². The molecule has 1 saturated heterocycles. The minimum atomic E-state index is -4.95. The molecule has 2 saturated carbocycles. The van der Waals surface area contributed by atoms with Crippen LogP contribution >= 0.6 is 0 Å². The monoisotopic (exact) mass is 835 g/mol. The predicted molar refractivity (Wildman–Crippen MR) is 201 cm³/mol. The first-order valence-corrected chi connectivity index (χ1v) is 21.1. The number of fused-ring (bicyclic) bond motifs is 5. The molecule has 3 fully saturated rings. The van der Waals surface area contributed by atoms with Crippen LogP contribution < -0.4 is 24.8 Å². The lowest BCUT2D eigenvalue weighted by Crippen LogP contribution is -2.58. The highest BCUT2D eigenvalue weighted by atomic mass is 32.2. The smallest absolute Gasteiger partial charge is 0.437 e. The number of alkyl halides is 3. The summed E-state index contributed by atoms with van der Waals surface area (Å²) in [4.78, 5) is 59.7. The van der Waals surface area contributed by atoms with Crippen LogP contribution in [0.25, 0.3) is 10.9 Å². The van der Waals surface area contributed by atoms with Crippen LogP contribution in [0.15, 0.2) is 30.4 Å². The van der Waals surface area contributed by atoms with Crippen molar-refractivity contribution in [3.63, 3.8) is 0 Å². The van der Waals surface area contributed by atoms with Gasteiger partial charge in [0, 0.05) is 43.4 Å². The van der Waals surface area contributed by atoms with Crippen molar-refractivity contribution in [1.29, 1.82) is 0 Å². The van der Waals surface area contributed by atoms with E-state index in [1.54, 1.807) is 19.3 Å². The second kappa shape index (κ2) is 15.5. The first kappa shape index (κ1) is 41.5. The normalized spacial score (nSPS) is 28.8. The molecule has 1 spiro atoms. The van der Waals surface area contributed by atoms with E-state index in [1.165, 1.54) is 19.1 Å². The van der Waals surface area contributed by atoms with E-state index in [9.17, 15) is 45.9 Å². The maximum atomic E-state index is 14.8. The third-order valence-corrected chi connectivity index (χ3v) is 14.3. The fourth-order valence-corrected chi connectivity index (χ4v) is 9.65. The second-order valence-electron chi connectivity index (χ2n) is 16.3. The van der Waals surface area contributed by atoms with E-state index in [2.05, 4.69) is 20.3 Å². The molecule has 0 radical (unpaired) electrons. The van der Waals surface area contributed by atoms with Gasteiger partial charge < -0.3 is 34.9 Å². The minimum Gasteiger partial charge on any atom is -0.493 e. The molecule has 4 N–H and O–H groups in total. The quantitative estimate of drug-likeness (QED) is 0.207. The number of hydrogen-bond acceptors (Lipinski definition) is 10. The number of nitrogens with one attached hydrogen (secondary N) is 3. The van der Waals surface area contributed by atoms with Gasteiger partial charge in [-0.25, -0.2) is 18.2 Å². The highest BCUT2D eigenvalue weighted by Gasteiger charge is 2.64. The number of allylic oxidation sites excluding steroid dienone is 1. The molecule has 1 aromatic heterocycles. The van der Waals surface area contributed by atoms with E-state index < -0.39 is 85.3 Å². The van der Waals surface area contributed by atoms with E-state index in [0.29, 0.717) is 69.3 Å². The Balaban J connectivity index is 1.25. The van der Waals surface area contributed by atoms with E-state index in [1.807, 2.05) is 6.08 Å². The van der Waals surface area contributed by atoms with Crippen molar-refractivity contribution in [2.75, 3.05) is 26.9 Å². The molecule has 316 valence electrons. The zero-order valence-electron chi connectivity index (χ0n) is 32.3. The molecule has 4 heterocycles. The summed E-state index contributed by atoms with van der Waals surface area (Å²) in [5.74, 6) is -3.27. The Bertz CT molecular complexity index is 2130. The third kappa shape index (κ3) is 8.15. The number of amides is 4. The van der Waals surface area contributed by atoms with Crippen molar-refractivity contribution in [1.82, 2.24) is 25.2 Å². The van der Waals surface area contributed by atoms with Crippen LogP contribution in [0.2, 0.25) is 0 Å². The predicted octanol–water partition coefficient (Wildman–Crippen LogP) is 4.36. The molecule has 5 atom stereocenters. The maximum absolute atomic E-state index is 14.8. The average molecular weight is 836 g/mol. The summed E-state index contributed by atoms with van der Waals surface area (Å²) < 4.78 is 88.9. The lowest BCUT2D eigenvalue weighted by atomic mass is 9.87. The first-order valence-electron chi connectivity index (χ1n) is 19.6. The van der Waals surface area contributed by atoms with E-state index in [-0.39, 0.29) is 49.7 Å². The molecule has 4 amide bonds. The molecule has 2 aliphatic carbocycles. The van der Waals surface area contributed by atoms with Gasteiger partial charge in [-0.2, -0.15) is 13.2 Å². The van der Waals surface area contributed by atoms with Gasteiger partial charge in [0.05, 0.1) is 23.4 Å². The lowest BCUT2D eigenvalue weighted by molar-refractivity contribution is -0.144. The molecule has 5 aliphatic rings. The van der Waals surface area contributed by atoms with Gasteiger partial charge in [-0.1, -0.05) is 25.0 Å². The van der Waals surface area contributed by atoms with E-state index in [0.717, 1.165) is 4.90 Å². The number of halogens is 3. The van der Waals surface area contributed by atoms with Gasteiger partial charge in [0.2, 0.25) is 21.8 Å². The van der Waals surface area contributed by atoms with Crippen molar-refractivity contribution in [3.05, 3.63) is 41.6 Å². The van der Waals surface area contributed by atoms with Gasteiger partial charge in [0.25, 0.3) is 5.91 Å². The standard InChI is InChI=1S/C39H48F3N5O10S/c1-36(15-16-36)58(53,54)46-34(50)38-20-23(38)9-6-4-3-5-7-10-28(44-35(51)52)33(49)47-22-37(21-29(47)32(48)45-38)14-13-25-26-19-24(56-18-8-17-55-2)11-12-27(26)43-31(30(25)57-37)39(40,41)42/h6,9,11-12,19,23,28-29,44H,3-5,7-8,10,13-18,20-22H2,1-2H3,(H,45,48)(H,46,50)(H,51,52)/b9-6-/t23-,28+,29+,37-,38-/m1/s1. The number of aromatic nitrogens is 1. The summed E-state index contributed by atoms with van der Waals surface area (Å²) in [6.45, 7) is 1.89. The molecule has 0 unspecified atom stereocenters. The van der Waals surface area contributed by atoms with Crippen molar-refractivity contribution >= 4 is 44.7 Å². The number of methoxy groups -OCH3 is 1. The Hall–Kier alpha value is -4.65. The Morgan fingerprint density at radius 2 is 1.90 bits per heavy atom. The van der Waals surface area contributed by atoms with Crippen LogP contribution in [-0.4, -0.2) is 102 Å². The summed E-state index contributed by atoms with van der Waals surface area (Å²) in [7, 11) is -2.55. The van der Waals surface area contributed by atoms with Crippen LogP contribution in [-0.2, 0) is 41.7 Å². The van der Waals surface area contributed by atoms with Gasteiger partial charge in [-0.15, -0.1) is 0 Å². The number of carboxylic acid groups (broad SMARTS) is 1. The number of ether oxygens (including phenoxy) is 3. The number of sulfonamides is 1. The average Bonchev–Trinajstić information content (AvgIpc) is 4.05. The van der Waals surface area contributed by atoms with Gasteiger partial charge in [-0.05, 0) is 76.5 Å². The topological polar surface area (TPSA) is 203 Å². The fourth-order valence-electron chi connectivity index (χ4n) is 8.33. The van der Waals surface area contributed by atoms with Gasteiger partial charge in [0.15, 0.2) is 11.4 Å². The number of nitrogens with zero attached hydrogens (tertiary/aromatic N) is 2. The van der Waals surface area contributed by atoms with Crippen molar-refractivity contribution in [2.24, 2.45) is 5.92 Å². The highest BCUT2D eigenvalue weighted by molar-refractivity contribution is 7.91. The number of benzene rings is 1. The molecule has 58 heavy (non-hydrogen) atoms. The molecular weight excluding hydrogens is 788 g/mol. The van der Waals surface area contributed by atoms with Crippen LogP contribution in [0, 0.1) is 5.92 Å². The molecule has 7 rings (SSSR count). The molecule has 19 heteroatoms. The highest BCUT2D eigenvalue weighted by Crippen LogP contribution is 2.50. The zero-order valence-corrected chi connectivity index (χ0v) is 33.1. The number of rotatable bonds is 9. The van der Waals surface area contributed by atoms with Crippen LogP contribution in [0.4, 0.5) is 18.0 Å². The van der Waals surface area contributed by atoms with E-state index in [4.69, 9.17) is 14.2 Å². The summed E-state index contributed by atoms with van der Waals surface area (Å²) in [5.41, 5.74) is -4.23. The Morgan fingerprint density at radius 3 is 2.60 bits per heavy atom. The minimum absolute atomic E-state index is 0.0353. The zero-order chi connectivity index (χ0) is 41.7. The summed E-state index contributed by atoms with van der Waals surface area (Å²) >= 11 is 0. The largest absolute Gasteiger partial charge is 0.493 e. The molecular formula is C39H48F3N5O10S. The lowest BCUT2D eigenvalue weighted by Gasteiger charge is -2.37. The Labute approximate surface area is 333 Å². The number of carbonyl (C=O) groups is 4. The summed E-state index contributed by atoms with van der Waals surface area (Å²) in [6, 6.07) is 1.84. The van der Waals surface area contributed by atoms with Gasteiger partial charge in [0.1, 0.15) is 29.0 Å². The maximum Gasteiger partial charge on any atom is 0.437 e. The molecule has 3 aliphatic heterocycles. The van der Waals surface area contributed by atoms with E-state index >= 15 is 0 Å². The first-order chi connectivity index (χ1) is 27.4. The molecule has 15 nitrogen and oxygen atoms in total. The SMILES string of the molecule is COCCCOc1ccc2nc(C(F)(F)F)c3c(c2c1)CC[C@]1(C[C@H]2C(=O)N[C@]4(C(=O)NS(=O)(=O)C5(C)CC5)C[C@H]4/C=C\CCCCC[C@H](NC(=O)O)C(=O)N2C1)O3. The molecule has 0 bridgehead atoms. The molecule has 2 aromatic rings. The Morgan fingerprint density at radius 1 is 1.12 bits per heavy atom. The summed E-state index contributed by atoms with van der Waals surface area (Å²) in [6.07, 6.45) is 0.743. The van der Waals surface area contributed by atoms with Gasteiger partial charge in [-0.3, -0.25) is 19.1 Å². The van der Waals surface area contributed by atoms with Crippen molar-refractivity contribution in [2.45, 2.75) is 118 Å². The van der Waals surface area contributed by atoms with Crippen molar-refractivity contribution in [3.8, 4) is 11.5 Å². The second-order valence-corrected chi connectivity index (χ2v) is 18.5. The molecule has 1 aromatic carbocycles. The van der Waals surface area contributed by atoms with Crippen LogP contribution in [0.5, 0.6) is 11.5 Å². The van der Waals surface area contributed by atoms with Gasteiger partial charge >= 0.3 is 12.3 Å². The third-order valence-electron chi connectivity index (χ3n) is 12.1. The fraction of sp³-hybridized carbons (Fsp3) is 0.615. The van der Waals surface area contributed by atoms with Crippen LogP contribution in [0.1, 0.15) is 88.8 Å². The van der Waals surface area contributed by atoms with Crippen molar-refractivity contribution < 1.29 is 60.1 Å².